The van der Waals surface area contributed by atoms with Crippen molar-refractivity contribution < 1.29 is 4.74 Å². The van der Waals surface area contributed by atoms with E-state index in [0.29, 0.717) is 6.61 Å². The summed E-state index contributed by atoms with van der Waals surface area (Å²) in [5, 5.41) is 0. The maximum Gasteiger partial charge on any atom is 0.156 e. The van der Waals surface area contributed by atoms with Gasteiger partial charge in [-0.25, -0.2) is 15.0 Å². The van der Waals surface area contributed by atoms with Gasteiger partial charge in [0.15, 0.2) is 5.82 Å². The lowest BCUT2D eigenvalue weighted by molar-refractivity contribution is 0.340. The Hall–Kier alpha value is -2.69. The monoisotopic (exact) mass is 294 g/mol. The topological polar surface area (TPSA) is 63.7 Å². The van der Waals surface area contributed by atoms with Crippen LogP contribution in [0.1, 0.15) is 19.7 Å². The highest BCUT2D eigenvalue weighted by Gasteiger charge is 2.07. The summed E-state index contributed by atoms with van der Waals surface area (Å²) < 4.78 is 5.45. The molecule has 0 spiro atoms. The van der Waals surface area contributed by atoms with E-state index in [2.05, 4.69) is 19.9 Å². The zero-order valence-electron chi connectivity index (χ0n) is 12.7. The highest BCUT2D eigenvalue weighted by Crippen LogP contribution is 2.23. The second kappa shape index (κ2) is 6.39. The van der Waals surface area contributed by atoms with Gasteiger partial charge in [-0.2, -0.15) is 0 Å². The number of nitrogens with zero attached hydrogens (tertiary/aromatic N) is 3. The first-order valence-corrected chi connectivity index (χ1v) is 7.40. The summed E-state index contributed by atoms with van der Waals surface area (Å²) in [7, 11) is 0. The van der Waals surface area contributed by atoms with Crippen LogP contribution in [0, 0.1) is 0 Å². The van der Waals surface area contributed by atoms with Gasteiger partial charge in [0.1, 0.15) is 17.3 Å². The van der Waals surface area contributed by atoms with Crippen molar-refractivity contribution in [3.8, 4) is 28.5 Å². The fourth-order valence-electron chi connectivity index (χ4n) is 2.20. The molecule has 5 heteroatoms. The average molecular weight is 294 g/mol. The van der Waals surface area contributed by atoms with Gasteiger partial charge in [-0.05, 0) is 42.8 Å². The lowest BCUT2D eigenvalue weighted by atomic mass is 10.2. The lowest BCUT2D eigenvalue weighted by Crippen LogP contribution is -1.94. The van der Waals surface area contributed by atoms with Crippen LogP contribution < -0.4 is 4.74 Å². The van der Waals surface area contributed by atoms with E-state index in [1.807, 2.05) is 50.4 Å². The molecule has 0 bridgehead atoms. The molecule has 0 atom stereocenters. The number of aromatic amines is 1. The van der Waals surface area contributed by atoms with E-state index in [1.54, 1.807) is 6.20 Å². The van der Waals surface area contributed by atoms with Crippen molar-refractivity contribution >= 4 is 0 Å². The Labute approximate surface area is 129 Å². The van der Waals surface area contributed by atoms with E-state index in [0.717, 1.165) is 40.8 Å². The summed E-state index contributed by atoms with van der Waals surface area (Å²) in [4.78, 5) is 16.4. The SMILES string of the molecule is CCOc1ccc(-c2cnc(-c3ccnc(CC)n3)[nH]2)cc1. The van der Waals surface area contributed by atoms with Crippen LogP contribution in [0.25, 0.3) is 22.8 Å². The average Bonchev–Trinajstić information content (AvgIpc) is 3.06. The molecule has 1 N–H and O–H groups in total. The van der Waals surface area contributed by atoms with E-state index >= 15 is 0 Å². The van der Waals surface area contributed by atoms with Crippen molar-refractivity contribution in [1.29, 1.82) is 0 Å². The number of hydrogen-bond donors (Lipinski definition) is 1. The molecule has 3 rings (SSSR count). The van der Waals surface area contributed by atoms with Gasteiger partial charge in [0, 0.05) is 12.6 Å². The van der Waals surface area contributed by atoms with Gasteiger partial charge in [-0.15, -0.1) is 0 Å². The zero-order valence-corrected chi connectivity index (χ0v) is 12.7. The maximum absolute atomic E-state index is 5.45. The summed E-state index contributed by atoms with van der Waals surface area (Å²) in [5.74, 6) is 2.44. The highest BCUT2D eigenvalue weighted by molar-refractivity contribution is 5.63. The molecule has 2 heterocycles. The van der Waals surface area contributed by atoms with Gasteiger partial charge in [-0.1, -0.05) is 6.92 Å². The van der Waals surface area contributed by atoms with Crippen molar-refractivity contribution in [3.05, 3.63) is 48.5 Å². The molecule has 112 valence electrons. The molecule has 2 aromatic heterocycles. The Balaban J connectivity index is 1.86. The van der Waals surface area contributed by atoms with E-state index in [1.165, 1.54) is 0 Å². The predicted molar refractivity (Wildman–Crippen MR) is 85.6 cm³/mol. The van der Waals surface area contributed by atoms with E-state index in [4.69, 9.17) is 4.74 Å². The number of benzene rings is 1. The number of nitrogens with one attached hydrogen (secondary N) is 1. The predicted octanol–water partition coefficient (Wildman–Crippen LogP) is 3.49. The van der Waals surface area contributed by atoms with Gasteiger partial charge in [0.2, 0.25) is 0 Å². The van der Waals surface area contributed by atoms with Crippen LogP contribution >= 0.6 is 0 Å². The molecule has 0 radical (unpaired) electrons. The van der Waals surface area contributed by atoms with Crippen LogP contribution in [-0.4, -0.2) is 26.5 Å². The van der Waals surface area contributed by atoms with Gasteiger partial charge in [0.05, 0.1) is 18.5 Å². The molecule has 0 aliphatic rings. The normalized spacial score (nSPS) is 10.6. The van der Waals surface area contributed by atoms with Gasteiger partial charge in [-0.3, -0.25) is 0 Å². The van der Waals surface area contributed by atoms with Crippen LogP contribution in [0.4, 0.5) is 0 Å². The summed E-state index contributed by atoms with van der Waals surface area (Å²) >= 11 is 0. The molecule has 1 aromatic carbocycles. The minimum Gasteiger partial charge on any atom is -0.494 e. The summed E-state index contributed by atoms with van der Waals surface area (Å²) in [6, 6.07) is 9.80. The number of aryl methyl sites for hydroxylation is 1. The summed E-state index contributed by atoms with van der Waals surface area (Å²) in [5.41, 5.74) is 2.82. The fourth-order valence-corrected chi connectivity index (χ4v) is 2.20. The van der Waals surface area contributed by atoms with Gasteiger partial charge in [0.25, 0.3) is 0 Å². The molecule has 3 aromatic rings. The fraction of sp³-hybridized carbons (Fsp3) is 0.235. The van der Waals surface area contributed by atoms with E-state index < -0.39 is 0 Å². The molecule has 0 saturated heterocycles. The van der Waals surface area contributed by atoms with Crippen molar-refractivity contribution in [2.24, 2.45) is 0 Å². The number of rotatable bonds is 5. The largest absolute Gasteiger partial charge is 0.494 e. The molecular formula is C17H18N4O. The second-order valence-corrected chi connectivity index (χ2v) is 4.81. The molecule has 0 aliphatic carbocycles. The number of imidazole rings is 1. The lowest BCUT2D eigenvalue weighted by Gasteiger charge is -2.03. The molecular weight excluding hydrogens is 276 g/mol. The first-order chi connectivity index (χ1) is 10.8. The van der Waals surface area contributed by atoms with Crippen molar-refractivity contribution in [2.75, 3.05) is 6.61 Å². The smallest absolute Gasteiger partial charge is 0.156 e. The minimum absolute atomic E-state index is 0.668. The van der Waals surface area contributed by atoms with E-state index in [-0.39, 0.29) is 0 Å². The van der Waals surface area contributed by atoms with Crippen molar-refractivity contribution in [2.45, 2.75) is 20.3 Å². The molecule has 22 heavy (non-hydrogen) atoms. The Kier molecular flexibility index (Phi) is 4.14. The zero-order chi connectivity index (χ0) is 15.4. The number of ether oxygens (including phenoxy) is 1. The van der Waals surface area contributed by atoms with Crippen molar-refractivity contribution in [3.63, 3.8) is 0 Å². The quantitative estimate of drug-likeness (QED) is 0.782. The van der Waals surface area contributed by atoms with Crippen molar-refractivity contribution in [1.82, 2.24) is 19.9 Å². The second-order valence-electron chi connectivity index (χ2n) is 4.81. The Morgan fingerprint density at radius 3 is 2.59 bits per heavy atom. The molecule has 0 saturated carbocycles. The molecule has 0 aliphatic heterocycles. The van der Waals surface area contributed by atoms with E-state index in [9.17, 15) is 0 Å². The van der Waals surface area contributed by atoms with Gasteiger partial charge < -0.3 is 9.72 Å². The molecule has 0 amide bonds. The van der Waals surface area contributed by atoms with Gasteiger partial charge >= 0.3 is 0 Å². The first kappa shape index (κ1) is 14.3. The van der Waals surface area contributed by atoms with Crippen LogP contribution in [0.3, 0.4) is 0 Å². The standard InChI is InChI=1S/C17H18N4O/c1-3-16-18-10-9-14(20-16)17-19-11-15(21-17)12-5-7-13(8-6-12)22-4-2/h5-11H,3-4H2,1-2H3,(H,19,21). The highest BCUT2D eigenvalue weighted by atomic mass is 16.5. The molecule has 0 unspecified atom stereocenters. The van der Waals surface area contributed by atoms with Crippen LogP contribution in [-0.2, 0) is 6.42 Å². The van der Waals surface area contributed by atoms with Crippen LogP contribution in [0.5, 0.6) is 5.75 Å². The third-order valence-electron chi connectivity index (χ3n) is 3.32. The first-order valence-electron chi connectivity index (χ1n) is 7.40. The number of H-pyrrole nitrogens is 1. The van der Waals surface area contributed by atoms with Crippen LogP contribution in [0.2, 0.25) is 0 Å². The van der Waals surface area contributed by atoms with Crippen LogP contribution in [0.15, 0.2) is 42.7 Å². The number of hydrogen-bond acceptors (Lipinski definition) is 4. The summed E-state index contributed by atoms with van der Waals surface area (Å²) in [6.07, 6.45) is 4.39. The molecule has 0 fully saturated rings. The summed E-state index contributed by atoms with van der Waals surface area (Å²) in [6.45, 7) is 4.68. The Bertz CT molecular complexity index is 749. The number of aromatic nitrogens is 4. The Morgan fingerprint density at radius 1 is 1.05 bits per heavy atom. The molecule has 5 nitrogen and oxygen atoms in total. The Morgan fingerprint density at radius 2 is 1.86 bits per heavy atom. The minimum atomic E-state index is 0.668. The third-order valence-corrected chi connectivity index (χ3v) is 3.32. The third kappa shape index (κ3) is 2.98. The maximum atomic E-state index is 5.45.